The summed E-state index contributed by atoms with van der Waals surface area (Å²) in [5, 5.41) is 8.81. The van der Waals surface area contributed by atoms with E-state index in [2.05, 4.69) is 0 Å². The van der Waals surface area contributed by atoms with Crippen molar-refractivity contribution in [3.8, 4) is 6.07 Å². The SMILES string of the molecule is CN(C)c1ccc(/C=C(/C#N)C(N)=S)cc1. The summed E-state index contributed by atoms with van der Waals surface area (Å²) >= 11 is 4.76. The van der Waals surface area contributed by atoms with Crippen LogP contribution in [0.2, 0.25) is 0 Å². The van der Waals surface area contributed by atoms with E-state index in [1.54, 1.807) is 6.08 Å². The van der Waals surface area contributed by atoms with E-state index < -0.39 is 0 Å². The van der Waals surface area contributed by atoms with E-state index in [0.29, 0.717) is 5.57 Å². The molecule has 0 bridgehead atoms. The van der Waals surface area contributed by atoms with E-state index in [1.807, 2.05) is 49.3 Å². The molecule has 82 valence electrons. The fraction of sp³-hybridized carbons (Fsp3) is 0.167. The zero-order valence-corrected chi connectivity index (χ0v) is 10.1. The molecule has 0 saturated carbocycles. The highest BCUT2D eigenvalue weighted by Crippen LogP contribution is 2.14. The van der Waals surface area contributed by atoms with Crippen molar-refractivity contribution in [3.63, 3.8) is 0 Å². The maximum absolute atomic E-state index is 8.81. The average Bonchev–Trinajstić information content (AvgIpc) is 2.26. The maximum Gasteiger partial charge on any atom is 0.114 e. The molecule has 16 heavy (non-hydrogen) atoms. The molecule has 1 aromatic rings. The van der Waals surface area contributed by atoms with Gasteiger partial charge in [-0.15, -0.1) is 0 Å². The highest BCUT2D eigenvalue weighted by atomic mass is 32.1. The van der Waals surface area contributed by atoms with Crippen molar-refractivity contribution < 1.29 is 0 Å². The van der Waals surface area contributed by atoms with Crippen molar-refractivity contribution in [1.29, 1.82) is 5.26 Å². The molecular weight excluding hydrogens is 218 g/mol. The van der Waals surface area contributed by atoms with Gasteiger partial charge in [0.05, 0.1) is 5.57 Å². The van der Waals surface area contributed by atoms with Crippen LogP contribution < -0.4 is 10.6 Å². The van der Waals surface area contributed by atoms with Crippen molar-refractivity contribution in [2.75, 3.05) is 19.0 Å². The van der Waals surface area contributed by atoms with Crippen LogP contribution in [0.15, 0.2) is 29.8 Å². The molecule has 3 nitrogen and oxygen atoms in total. The smallest absolute Gasteiger partial charge is 0.114 e. The molecule has 0 fully saturated rings. The highest BCUT2D eigenvalue weighted by molar-refractivity contribution is 7.80. The van der Waals surface area contributed by atoms with Gasteiger partial charge in [-0.25, -0.2) is 0 Å². The Kier molecular flexibility index (Phi) is 4.03. The predicted octanol–water partition coefficient (Wildman–Crippen LogP) is 1.95. The Morgan fingerprint density at radius 3 is 2.31 bits per heavy atom. The van der Waals surface area contributed by atoms with E-state index in [0.717, 1.165) is 11.3 Å². The van der Waals surface area contributed by atoms with Crippen LogP contribution in [0.25, 0.3) is 6.08 Å². The lowest BCUT2D eigenvalue weighted by Gasteiger charge is -2.11. The minimum absolute atomic E-state index is 0.124. The fourth-order valence-corrected chi connectivity index (χ4v) is 1.30. The number of nitrogens with two attached hydrogens (primary N) is 1. The largest absolute Gasteiger partial charge is 0.389 e. The first-order valence-electron chi connectivity index (χ1n) is 4.73. The number of nitrogens with zero attached hydrogens (tertiary/aromatic N) is 2. The van der Waals surface area contributed by atoms with E-state index in [1.165, 1.54) is 0 Å². The lowest BCUT2D eigenvalue weighted by atomic mass is 10.1. The Morgan fingerprint density at radius 2 is 1.94 bits per heavy atom. The summed E-state index contributed by atoms with van der Waals surface area (Å²) in [6.45, 7) is 0. The van der Waals surface area contributed by atoms with Gasteiger partial charge >= 0.3 is 0 Å². The lowest BCUT2D eigenvalue weighted by Crippen LogP contribution is -2.10. The van der Waals surface area contributed by atoms with Gasteiger partial charge in [-0.2, -0.15) is 5.26 Å². The number of rotatable bonds is 3. The second kappa shape index (κ2) is 5.29. The Morgan fingerprint density at radius 1 is 1.38 bits per heavy atom. The summed E-state index contributed by atoms with van der Waals surface area (Å²) in [7, 11) is 3.95. The van der Waals surface area contributed by atoms with Crippen molar-refractivity contribution in [3.05, 3.63) is 35.4 Å². The van der Waals surface area contributed by atoms with Gasteiger partial charge in [0.25, 0.3) is 0 Å². The number of thiocarbonyl (C=S) groups is 1. The predicted molar refractivity (Wildman–Crippen MR) is 71.1 cm³/mol. The second-order valence-corrected chi connectivity index (χ2v) is 3.96. The van der Waals surface area contributed by atoms with E-state index in [-0.39, 0.29) is 4.99 Å². The van der Waals surface area contributed by atoms with Crippen molar-refractivity contribution in [1.82, 2.24) is 0 Å². The van der Waals surface area contributed by atoms with Crippen LogP contribution in [0.3, 0.4) is 0 Å². The molecule has 0 aromatic heterocycles. The van der Waals surface area contributed by atoms with Crippen LogP contribution in [-0.2, 0) is 0 Å². The monoisotopic (exact) mass is 231 g/mol. The summed E-state index contributed by atoms with van der Waals surface area (Å²) in [6.07, 6.45) is 1.68. The molecule has 2 N–H and O–H groups in total. The molecule has 0 saturated heterocycles. The molecule has 0 aliphatic rings. The molecule has 0 heterocycles. The quantitative estimate of drug-likeness (QED) is 0.491. The molecule has 0 aliphatic carbocycles. The van der Waals surface area contributed by atoms with Crippen molar-refractivity contribution in [2.45, 2.75) is 0 Å². The standard InChI is InChI=1S/C12H13N3S/c1-15(2)11-5-3-9(4-6-11)7-10(8-13)12(14)16/h3-7H,1-2H3,(H2,14,16)/b10-7-. The number of hydrogen-bond acceptors (Lipinski definition) is 3. The molecule has 4 heteroatoms. The van der Waals surface area contributed by atoms with Gasteiger partial charge < -0.3 is 10.6 Å². The molecule has 0 aliphatic heterocycles. The Balaban J connectivity index is 3.00. The first-order valence-corrected chi connectivity index (χ1v) is 5.14. The van der Waals surface area contributed by atoms with E-state index in [4.69, 9.17) is 23.2 Å². The number of anilines is 1. The Labute approximate surface area is 101 Å². The molecule has 0 amide bonds. The van der Waals surface area contributed by atoms with Crippen LogP contribution in [0.5, 0.6) is 0 Å². The topological polar surface area (TPSA) is 53.0 Å². The van der Waals surface area contributed by atoms with Crippen LogP contribution in [0, 0.1) is 11.3 Å². The van der Waals surface area contributed by atoms with Crippen LogP contribution in [0.4, 0.5) is 5.69 Å². The van der Waals surface area contributed by atoms with Gasteiger partial charge in [-0.3, -0.25) is 0 Å². The fourth-order valence-electron chi connectivity index (χ4n) is 1.19. The lowest BCUT2D eigenvalue weighted by molar-refractivity contribution is 1.13. The number of hydrogen-bond donors (Lipinski definition) is 1. The third kappa shape index (κ3) is 3.07. The summed E-state index contributed by atoms with van der Waals surface area (Å²) in [4.78, 5) is 2.13. The molecule has 1 aromatic carbocycles. The third-order valence-corrected chi connectivity index (χ3v) is 2.33. The van der Waals surface area contributed by atoms with Crippen molar-refractivity contribution in [2.24, 2.45) is 5.73 Å². The zero-order chi connectivity index (χ0) is 12.1. The normalized spacial score (nSPS) is 10.7. The molecule has 0 spiro atoms. The van der Waals surface area contributed by atoms with Crippen LogP contribution in [0.1, 0.15) is 5.56 Å². The average molecular weight is 231 g/mol. The molecule has 0 unspecified atom stereocenters. The van der Waals surface area contributed by atoms with E-state index >= 15 is 0 Å². The molecule has 1 rings (SSSR count). The van der Waals surface area contributed by atoms with Crippen molar-refractivity contribution >= 4 is 29.0 Å². The first kappa shape index (κ1) is 12.2. The summed E-state index contributed by atoms with van der Waals surface area (Å²) in [6, 6.07) is 9.76. The number of benzene rings is 1. The van der Waals surface area contributed by atoms with Gasteiger partial charge in [-0.1, -0.05) is 24.4 Å². The molecule has 0 atom stereocenters. The van der Waals surface area contributed by atoms with E-state index in [9.17, 15) is 0 Å². The zero-order valence-electron chi connectivity index (χ0n) is 9.27. The molecule has 0 radical (unpaired) electrons. The van der Waals surface area contributed by atoms with Gasteiger partial charge in [-0.05, 0) is 23.8 Å². The summed E-state index contributed by atoms with van der Waals surface area (Å²) in [5.74, 6) is 0. The minimum atomic E-state index is 0.124. The minimum Gasteiger partial charge on any atom is -0.389 e. The first-order chi connectivity index (χ1) is 7.54. The highest BCUT2D eigenvalue weighted by Gasteiger charge is 2.00. The third-order valence-electron chi connectivity index (χ3n) is 2.11. The van der Waals surface area contributed by atoms with Gasteiger partial charge in [0.2, 0.25) is 0 Å². The molecular formula is C12H13N3S. The van der Waals surface area contributed by atoms with Gasteiger partial charge in [0, 0.05) is 19.8 Å². The van der Waals surface area contributed by atoms with Gasteiger partial charge in [0.15, 0.2) is 0 Å². The maximum atomic E-state index is 8.81. The Bertz CT molecular complexity index is 452. The van der Waals surface area contributed by atoms with Gasteiger partial charge in [0.1, 0.15) is 11.1 Å². The second-order valence-electron chi connectivity index (χ2n) is 3.52. The Hall–Kier alpha value is -1.86. The summed E-state index contributed by atoms with van der Waals surface area (Å²) in [5.41, 5.74) is 7.75. The van der Waals surface area contributed by atoms with Crippen LogP contribution in [-0.4, -0.2) is 19.1 Å². The van der Waals surface area contributed by atoms with Crippen LogP contribution >= 0.6 is 12.2 Å². The summed E-state index contributed by atoms with van der Waals surface area (Å²) < 4.78 is 0. The number of nitriles is 1.